The van der Waals surface area contributed by atoms with E-state index in [1.807, 2.05) is 7.05 Å². The average molecular weight is 331 g/mol. The van der Waals surface area contributed by atoms with Gasteiger partial charge in [-0.05, 0) is 19.2 Å². The van der Waals surface area contributed by atoms with Crippen LogP contribution < -0.4 is 10.7 Å². The van der Waals surface area contributed by atoms with Gasteiger partial charge in [0.25, 0.3) is 0 Å². The van der Waals surface area contributed by atoms with Gasteiger partial charge in [0.2, 0.25) is 0 Å². The van der Waals surface area contributed by atoms with Crippen LogP contribution in [0.4, 0.5) is 5.69 Å². The van der Waals surface area contributed by atoms with E-state index in [4.69, 9.17) is 23.2 Å². The minimum Gasteiger partial charge on any atom is -0.316 e. The van der Waals surface area contributed by atoms with Crippen LogP contribution in [0.3, 0.4) is 0 Å². The molecule has 0 aromatic heterocycles. The van der Waals surface area contributed by atoms with E-state index in [9.17, 15) is 9.59 Å². The number of likely N-dealkylation sites (N-methyl/N-ethyl adjacent to an activating group) is 1. The molecule has 21 heavy (non-hydrogen) atoms. The van der Waals surface area contributed by atoms with Crippen LogP contribution in [-0.4, -0.2) is 54.9 Å². The number of carbonyl (C=O) groups excluding carboxylic acids is 2. The fraction of sp³-hybridized carbons (Fsp3) is 0.385. The third kappa shape index (κ3) is 4.31. The van der Waals surface area contributed by atoms with Crippen molar-refractivity contribution in [1.29, 1.82) is 0 Å². The maximum Gasteiger partial charge on any atom is 0.323 e. The number of hydrogen-bond donors (Lipinski definition) is 2. The molecule has 0 radical (unpaired) electrons. The molecule has 8 heteroatoms. The van der Waals surface area contributed by atoms with Gasteiger partial charge >= 0.3 is 11.8 Å². The number of nitrogens with zero attached hydrogens (tertiary/aromatic N) is 2. The third-order valence-corrected chi connectivity index (χ3v) is 3.99. The molecular formula is C13H16Cl2N4O2. The molecule has 1 heterocycles. The Morgan fingerprint density at radius 2 is 1.76 bits per heavy atom. The molecule has 2 rings (SSSR count). The second kappa shape index (κ2) is 7.09. The van der Waals surface area contributed by atoms with Crippen molar-refractivity contribution < 1.29 is 9.59 Å². The molecule has 0 aliphatic carbocycles. The normalized spacial score (nSPS) is 16.5. The van der Waals surface area contributed by atoms with Gasteiger partial charge in [0.05, 0.1) is 15.7 Å². The summed E-state index contributed by atoms with van der Waals surface area (Å²) in [7, 11) is 2.01. The van der Waals surface area contributed by atoms with Crippen molar-refractivity contribution in [2.24, 2.45) is 0 Å². The van der Waals surface area contributed by atoms with Gasteiger partial charge in [-0.3, -0.25) is 15.0 Å². The number of carbonyl (C=O) groups is 2. The first kappa shape index (κ1) is 16.0. The molecule has 1 fully saturated rings. The second-order valence-corrected chi connectivity index (χ2v) is 5.57. The smallest absolute Gasteiger partial charge is 0.316 e. The molecule has 1 aromatic carbocycles. The largest absolute Gasteiger partial charge is 0.323 e. The third-order valence-electron chi connectivity index (χ3n) is 3.17. The maximum absolute atomic E-state index is 11.9. The van der Waals surface area contributed by atoms with Gasteiger partial charge < -0.3 is 10.2 Å². The molecular weight excluding hydrogens is 315 g/mol. The summed E-state index contributed by atoms with van der Waals surface area (Å²) < 4.78 is 0. The summed E-state index contributed by atoms with van der Waals surface area (Å²) in [5.41, 5.74) is 2.88. The van der Waals surface area contributed by atoms with Gasteiger partial charge in [-0.1, -0.05) is 29.3 Å². The number of anilines is 1. The van der Waals surface area contributed by atoms with Crippen LogP contribution in [0.1, 0.15) is 0 Å². The van der Waals surface area contributed by atoms with Crippen molar-refractivity contribution in [3.8, 4) is 0 Å². The lowest BCUT2D eigenvalue weighted by Gasteiger charge is -2.32. The molecule has 0 unspecified atom stereocenters. The van der Waals surface area contributed by atoms with E-state index in [-0.39, 0.29) is 5.02 Å². The Balaban J connectivity index is 1.91. The quantitative estimate of drug-likeness (QED) is 0.800. The zero-order chi connectivity index (χ0) is 15.4. The number of hydrogen-bond acceptors (Lipinski definition) is 4. The van der Waals surface area contributed by atoms with E-state index in [1.165, 1.54) is 0 Å². The SMILES string of the molecule is CN1CCN(NC(=O)C(=O)Nc2cccc(Cl)c2Cl)CC1. The second-order valence-electron chi connectivity index (χ2n) is 4.79. The van der Waals surface area contributed by atoms with Crippen molar-refractivity contribution in [3.05, 3.63) is 28.2 Å². The standard InChI is InChI=1S/C13H16Cl2N4O2/c1-18-5-7-19(8-6-18)17-13(21)12(20)16-10-4-2-3-9(14)11(10)15/h2-4H,5-8H2,1H3,(H,16,20)(H,17,21). The highest BCUT2D eigenvalue weighted by Gasteiger charge is 2.21. The Labute approximate surface area is 132 Å². The minimum absolute atomic E-state index is 0.208. The van der Waals surface area contributed by atoms with Crippen molar-refractivity contribution in [2.75, 3.05) is 38.5 Å². The van der Waals surface area contributed by atoms with Gasteiger partial charge in [0.15, 0.2) is 0 Å². The summed E-state index contributed by atoms with van der Waals surface area (Å²) in [6.07, 6.45) is 0. The molecule has 1 saturated heterocycles. The zero-order valence-electron chi connectivity index (χ0n) is 11.5. The average Bonchev–Trinajstić information content (AvgIpc) is 2.46. The summed E-state index contributed by atoms with van der Waals surface area (Å²) in [4.78, 5) is 25.8. The number of hydrazine groups is 1. The van der Waals surface area contributed by atoms with Crippen LogP contribution in [-0.2, 0) is 9.59 Å². The molecule has 0 bridgehead atoms. The Morgan fingerprint density at radius 3 is 2.43 bits per heavy atom. The minimum atomic E-state index is -0.780. The summed E-state index contributed by atoms with van der Waals surface area (Å²) >= 11 is 11.8. The van der Waals surface area contributed by atoms with Gasteiger partial charge in [-0.25, -0.2) is 5.01 Å². The maximum atomic E-state index is 11.9. The first-order valence-corrected chi connectivity index (χ1v) is 7.22. The number of benzene rings is 1. The molecule has 6 nitrogen and oxygen atoms in total. The van der Waals surface area contributed by atoms with E-state index < -0.39 is 11.8 Å². The summed E-state index contributed by atoms with van der Waals surface area (Å²) in [5, 5.41) is 4.69. The van der Waals surface area contributed by atoms with Crippen molar-refractivity contribution >= 4 is 40.7 Å². The van der Waals surface area contributed by atoms with E-state index in [1.54, 1.807) is 23.2 Å². The van der Waals surface area contributed by atoms with Crippen LogP contribution in [0, 0.1) is 0 Å². The summed E-state index contributed by atoms with van der Waals surface area (Å²) in [6, 6.07) is 4.82. The Bertz CT molecular complexity index is 545. The predicted molar refractivity (Wildman–Crippen MR) is 82.3 cm³/mol. The number of nitrogens with one attached hydrogen (secondary N) is 2. The lowest BCUT2D eigenvalue weighted by molar-refractivity contribution is -0.139. The molecule has 0 spiro atoms. The van der Waals surface area contributed by atoms with Crippen molar-refractivity contribution in [2.45, 2.75) is 0 Å². The molecule has 1 aliphatic heterocycles. The van der Waals surface area contributed by atoms with E-state index in [2.05, 4.69) is 15.6 Å². The predicted octanol–water partition coefficient (Wildman–Crippen LogP) is 1.21. The lowest BCUT2D eigenvalue weighted by atomic mass is 10.3. The van der Waals surface area contributed by atoms with Crippen LogP contribution >= 0.6 is 23.2 Å². The van der Waals surface area contributed by atoms with E-state index in [0.717, 1.165) is 13.1 Å². The van der Waals surface area contributed by atoms with Crippen molar-refractivity contribution in [3.63, 3.8) is 0 Å². The summed E-state index contributed by atoms with van der Waals surface area (Å²) in [6.45, 7) is 3.02. The first-order chi connectivity index (χ1) is 9.97. The zero-order valence-corrected chi connectivity index (χ0v) is 13.0. The molecule has 2 amide bonds. The molecule has 1 aliphatic rings. The van der Waals surface area contributed by atoms with Crippen LogP contribution in [0.15, 0.2) is 18.2 Å². The molecule has 0 saturated carbocycles. The Morgan fingerprint density at radius 1 is 1.10 bits per heavy atom. The fourth-order valence-electron chi connectivity index (χ4n) is 1.89. The van der Waals surface area contributed by atoms with Gasteiger partial charge in [0, 0.05) is 26.2 Å². The highest BCUT2D eigenvalue weighted by molar-refractivity contribution is 6.45. The number of piperazine rings is 1. The number of amides is 2. The van der Waals surface area contributed by atoms with Crippen molar-refractivity contribution in [1.82, 2.24) is 15.3 Å². The topological polar surface area (TPSA) is 64.7 Å². The van der Waals surface area contributed by atoms with Gasteiger partial charge in [-0.2, -0.15) is 0 Å². The highest BCUT2D eigenvalue weighted by Crippen LogP contribution is 2.29. The molecule has 2 N–H and O–H groups in total. The Kier molecular flexibility index (Phi) is 5.41. The fourth-order valence-corrected chi connectivity index (χ4v) is 2.24. The lowest BCUT2D eigenvalue weighted by Crippen LogP contribution is -2.54. The van der Waals surface area contributed by atoms with Crippen LogP contribution in [0.5, 0.6) is 0 Å². The van der Waals surface area contributed by atoms with Gasteiger partial charge in [0.1, 0.15) is 0 Å². The van der Waals surface area contributed by atoms with Gasteiger partial charge in [-0.15, -0.1) is 0 Å². The highest BCUT2D eigenvalue weighted by atomic mass is 35.5. The van der Waals surface area contributed by atoms with E-state index >= 15 is 0 Å². The first-order valence-electron chi connectivity index (χ1n) is 6.47. The molecule has 114 valence electrons. The van der Waals surface area contributed by atoms with Crippen LogP contribution in [0.2, 0.25) is 10.0 Å². The number of rotatable bonds is 2. The summed E-state index contributed by atoms with van der Waals surface area (Å²) in [5.74, 6) is -1.51. The number of halogens is 2. The van der Waals surface area contributed by atoms with Crippen LogP contribution in [0.25, 0.3) is 0 Å². The monoisotopic (exact) mass is 330 g/mol. The van der Waals surface area contributed by atoms with E-state index in [0.29, 0.717) is 23.8 Å². The molecule has 1 aromatic rings. The molecule has 0 atom stereocenters. The Hall–Kier alpha value is -1.34.